The normalized spacial score (nSPS) is 25.5. The second kappa shape index (κ2) is 5.40. The lowest BCUT2D eigenvalue weighted by molar-refractivity contribution is 0.305. The molecule has 0 saturated carbocycles. The van der Waals surface area contributed by atoms with Crippen molar-refractivity contribution in [2.75, 3.05) is 11.5 Å². The minimum atomic E-state index is 0.414. The highest BCUT2D eigenvalue weighted by molar-refractivity contribution is 7.99. The Morgan fingerprint density at radius 2 is 2.12 bits per heavy atom. The van der Waals surface area contributed by atoms with Crippen molar-refractivity contribution in [2.24, 2.45) is 5.41 Å². The van der Waals surface area contributed by atoms with Crippen LogP contribution in [-0.2, 0) is 0 Å². The van der Waals surface area contributed by atoms with Crippen molar-refractivity contribution in [3.05, 3.63) is 30.1 Å². The minimum absolute atomic E-state index is 0.414. The number of pyridine rings is 1. The number of hydrogen-bond acceptors (Lipinski definition) is 3. The van der Waals surface area contributed by atoms with Gasteiger partial charge in [-0.15, -0.1) is 0 Å². The fourth-order valence-electron chi connectivity index (χ4n) is 2.47. The van der Waals surface area contributed by atoms with Gasteiger partial charge in [-0.05, 0) is 42.2 Å². The fraction of sp³-hybridized carbons (Fsp3) is 0.643. The van der Waals surface area contributed by atoms with Crippen LogP contribution in [0, 0.1) is 5.41 Å². The van der Waals surface area contributed by atoms with Crippen LogP contribution in [0.1, 0.15) is 38.8 Å². The van der Waals surface area contributed by atoms with Crippen molar-refractivity contribution >= 4 is 11.8 Å². The molecule has 0 bridgehead atoms. The molecule has 1 fully saturated rings. The van der Waals surface area contributed by atoms with E-state index < -0.39 is 0 Å². The lowest BCUT2D eigenvalue weighted by Crippen LogP contribution is -2.41. The van der Waals surface area contributed by atoms with E-state index in [4.69, 9.17) is 0 Å². The number of hydrogen-bond donors (Lipinski definition) is 1. The number of nitrogens with zero attached hydrogens (tertiary/aromatic N) is 1. The van der Waals surface area contributed by atoms with E-state index in [1.54, 1.807) is 0 Å². The summed E-state index contributed by atoms with van der Waals surface area (Å²) in [4.78, 5) is 4.07. The second-order valence-corrected chi connectivity index (χ2v) is 6.78. The third-order valence-corrected chi connectivity index (χ3v) is 4.93. The van der Waals surface area contributed by atoms with Gasteiger partial charge in [0, 0.05) is 30.2 Å². The van der Waals surface area contributed by atoms with Crippen molar-refractivity contribution < 1.29 is 0 Å². The first-order valence-electron chi connectivity index (χ1n) is 6.30. The highest BCUT2D eigenvalue weighted by Crippen LogP contribution is 2.34. The largest absolute Gasteiger partial charge is 0.307 e. The summed E-state index contributed by atoms with van der Waals surface area (Å²) in [6.07, 6.45) is 5.01. The Balaban J connectivity index is 1.93. The van der Waals surface area contributed by atoms with E-state index in [0.717, 1.165) is 0 Å². The predicted octanol–water partition coefficient (Wildman–Crippen LogP) is 3.26. The van der Waals surface area contributed by atoms with Gasteiger partial charge in [0.15, 0.2) is 0 Å². The zero-order valence-corrected chi connectivity index (χ0v) is 11.8. The molecule has 2 heterocycles. The van der Waals surface area contributed by atoms with Crippen LogP contribution in [0.3, 0.4) is 0 Å². The molecule has 2 nitrogen and oxygen atoms in total. The Morgan fingerprint density at radius 3 is 2.76 bits per heavy atom. The number of rotatable bonds is 3. The molecule has 2 rings (SSSR count). The van der Waals surface area contributed by atoms with Gasteiger partial charge in [-0.3, -0.25) is 4.98 Å². The Labute approximate surface area is 109 Å². The first kappa shape index (κ1) is 12.9. The first-order valence-corrected chi connectivity index (χ1v) is 7.46. The molecule has 2 atom stereocenters. The van der Waals surface area contributed by atoms with Gasteiger partial charge >= 0.3 is 0 Å². The summed E-state index contributed by atoms with van der Waals surface area (Å²) >= 11 is 2.07. The molecule has 1 aliphatic heterocycles. The van der Waals surface area contributed by atoms with Crippen molar-refractivity contribution in [1.82, 2.24) is 10.3 Å². The Hall–Kier alpha value is -0.540. The zero-order chi connectivity index (χ0) is 12.3. The van der Waals surface area contributed by atoms with E-state index in [0.29, 0.717) is 17.5 Å². The molecular weight excluding hydrogens is 228 g/mol. The summed E-state index contributed by atoms with van der Waals surface area (Å²) in [5.41, 5.74) is 1.80. The van der Waals surface area contributed by atoms with Crippen LogP contribution >= 0.6 is 11.8 Å². The van der Waals surface area contributed by atoms with Crippen LogP contribution in [-0.4, -0.2) is 22.5 Å². The number of aromatic nitrogens is 1. The average molecular weight is 250 g/mol. The number of nitrogens with one attached hydrogen (secondary N) is 1. The molecule has 2 unspecified atom stereocenters. The molecule has 0 spiro atoms. The molecule has 17 heavy (non-hydrogen) atoms. The molecule has 0 radical (unpaired) electrons. The van der Waals surface area contributed by atoms with E-state index in [9.17, 15) is 0 Å². The predicted molar refractivity (Wildman–Crippen MR) is 75.3 cm³/mol. The molecule has 3 heteroatoms. The third kappa shape index (κ3) is 3.71. The van der Waals surface area contributed by atoms with E-state index >= 15 is 0 Å². The summed E-state index contributed by atoms with van der Waals surface area (Å²) in [6.45, 7) is 6.97. The van der Waals surface area contributed by atoms with Gasteiger partial charge in [-0.1, -0.05) is 13.8 Å². The van der Waals surface area contributed by atoms with Gasteiger partial charge in [0.2, 0.25) is 0 Å². The maximum atomic E-state index is 4.07. The van der Waals surface area contributed by atoms with Crippen LogP contribution < -0.4 is 5.32 Å². The maximum Gasteiger partial charge on any atom is 0.0295 e. The van der Waals surface area contributed by atoms with E-state index in [1.807, 2.05) is 12.4 Å². The zero-order valence-electron chi connectivity index (χ0n) is 10.9. The van der Waals surface area contributed by atoms with Crippen molar-refractivity contribution in [2.45, 2.75) is 39.3 Å². The second-order valence-electron chi connectivity index (χ2n) is 5.75. The van der Waals surface area contributed by atoms with Crippen molar-refractivity contribution in [3.8, 4) is 0 Å². The minimum Gasteiger partial charge on any atom is -0.307 e. The third-order valence-electron chi connectivity index (χ3n) is 3.30. The molecular formula is C14H22N2S. The summed E-state index contributed by atoms with van der Waals surface area (Å²) in [6, 6.07) is 5.24. The monoisotopic (exact) mass is 250 g/mol. The summed E-state index contributed by atoms with van der Waals surface area (Å²) in [7, 11) is 0. The van der Waals surface area contributed by atoms with Gasteiger partial charge in [-0.25, -0.2) is 0 Å². The van der Waals surface area contributed by atoms with Crippen molar-refractivity contribution in [1.29, 1.82) is 0 Å². The van der Waals surface area contributed by atoms with Crippen molar-refractivity contribution in [3.63, 3.8) is 0 Å². The lowest BCUT2D eigenvalue weighted by Gasteiger charge is -2.36. The first-order chi connectivity index (χ1) is 8.07. The quantitative estimate of drug-likeness (QED) is 0.891. The molecule has 1 N–H and O–H groups in total. The number of thioether (sulfide) groups is 1. The van der Waals surface area contributed by atoms with Crippen LogP contribution in [0.5, 0.6) is 0 Å². The Bertz CT molecular complexity index is 350. The lowest BCUT2D eigenvalue weighted by atomic mass is 9.87. The SMILES string of the molecule is CC(NC1CSCC(C)(C)C1)c1ccncc1. The van der Waals surface area contributed by atoms with Gasteiger partial charge in [0.05, 0.1) is 0 Å². The summed E-state index contributed by atoms with van der Waals surface area (Å²) < 4.78 is 0. The molecule has 1 aliphatic rings. The molecule has 0 amide bonds. The summed E-state index contributed by atoms with van der Waals surface area (Å²) in [5.74, 6) is 2.52. The van der Waals surface area contributed by atoms with E-state index in [2.05, 4.69) is 55.0 Å². The standard InChI is InChI=1S/C14H22N2S/c1-11(12-4-6-15-7-5-12)16-13-8-14(2,3)10-17-9-13/h4-7,11,13,16H,8-10H2,1-3H3. The molecule has 1 aromatic rings. The van der Waals surface area contributed by atoms with Crippen LogP contribution in [0.4, 0.5) is 0 Å². The van der Waals surface area contributed by atoms with E-state index in [-0.39, 0.29) is 0 Å². The molecule has 94 valence electrons. The maximum absolute atomic E-state index is 4.07. The molecule has 0 aromatic carbocycles. The molecule has 1 saturated heterocycles. The molecule has 1 aromatic heterocycles. The highest BCUT2D eigenvalue weighted by Gasteiger charge is 2.29. The van der Waals surface area contributed by atoms with Gasteiger partial charge in [-0.2, -0.15) is 11.8 Å². The Morgan fingerprint density at radius 1 is 1.41 bits per heavy atom. The van der Waals surface area contributed by atoms with Gasteiger partial charge < -0.3 is 5.32 Å². The molecule has 0 aliphatic carbocycles. The van der Waals surface area contributed by atoms with Gasteiger partial charge in [0.1, 0.15) is 0 Å². The van der Waals surface area contributed by atoms with E-state index in [1.165, 1.54) is 23.5 Å². The van der Waals surface area contributed by atoms with Crippen LogP contribution in [0.2, 0.25) is 0 Å². The Kier molecular flexibility index (Phi) is 4.10. The average Bonchev–Trinajstić information content (AvgIpc) is 2.29. The topological polar surface area (TPSA) is 24.9 Å². The van der Waals surface area contributed by atoms with Crippen LogP contribution in [0.15, 0.2) is 24.5 Å². The van der Waals surface area contributed by atoms with Gasteiger partial charge in [0.25, 0.3) is 0 Å². The fourth-order valence-corrected chi connectivity index (χ4v) is 3.76. The highest BCUT2D eigenvalue weighted by atomic mass is 32.2. The summed E-state index contributed by atoms with van der Waals surface area (Å²) in [5, 5.41) is 3.74. The smallest absolute Gasteiger partial charge is 0.0295 e. The van der Waals surface area contributed by atoms with Crippen LogP contribution in [0.25, 0.3) is 0 Å².